The van der Waals surface area contributed by atoms with Crippen LogP contribution in [0.25, 0.3) is 11.2 Å². The smallest absolute Gasteiger partial charge is 0.224 e. The molecule has 1 amide bonds. The molecule has 0 radical (unpaired) electrons. The molecule has 2 atom stereocenters. The zero-order valence-electron chi connectivity index (χ0n) is 19.8. The van der Waals surface area contributed by atoms with Crippen LogP contribution in [0.4, 0.5) is 26.4 Å². The van der Waals surface area contributed by atoms with Gasteiger partial charge in [-0.25, -0.2) is 18.7 Å². The molecular formula is C24H28ClF2N7O2. The van der Waals surface area contributed by atoms with Gasteiger partial charge in [-0.15, -0.1) is 0 Å². The number of ether oxygens (including phenoxy) is 1. The van der Waals surface area contributed by atoms with Gasteiger partial charge < -0.3 is 21.1 Å². The van der Waals surface area contributed by atoms with Crippen LogP contribution in [0.1, 0.15) is 45.1 Å². The molecule has 2 aliphatic rings. The van der Waals surface area contributed by atoms with Crippen LogP contribution in [-0.4, -0.2) is 44.7 Å². The van der Waals surface area contributed by atoms with Gasteiger partial charge in [0.1, 0.15) is 11.2 Å². The van der Waals surface area contributed by atoms with E-state index >= 15 is 0 Å². The second-order valence-corrected chi connectivity index (χ2v) is 10.0. The third-order valence-electron chi connectivity index (χ3n) is 7.10. The van der Waals surface area contributed by atoms with Crippen molar-refractivity contribution in [3.05, 3.63) is 35.0 Å². The molecule has 3 aromatic rings. The van der Waals surface area contributed by atoms with E-state index < -0.39 is 11.6 Å². The second-order valence-electron chi connectivity index (χ2n) is 9.58. The van der Waals surface area contributed by atoms with Crippen LogP contribution in [0.3, 0.4) is 0 Å². The number of carbonyl (C=O) groups excluding carboxylic acids is 1. The highest BCUT2D eigenvalue weighted by atomic mass is 35.5. The summed E-state index contributed by atoms with van der Waals surface area (Å²) in [5.74, 6) is -1.20. The SMILES string of the molecule is C[C@H]1COCC[C@H]1Nc1ncc2nc(Nc3c(F)cc(Cl)cc3F)n([C@H]3CC[C@@H](C(N)=O)CC3)c2n1. The fourth-order valence-electron chi connectivity index (χ4n) is 5.05. The minimum atomic E-state index is -0.835. The molecule has 5 rings (SSSR count). The predicted molar refractivity (Wildman–Crippen MR) is 132 cm³/mol. The Morgan fingerprint density at radius 3 is 2.56 bits per heavy atom. The van der Waals surface area contributed by atoms with Crippen molar-refractivity contribution in [2.24, 2.45) is 17.6 Å². The number of benzene rings is 1. The number of hydrogen-bond donors (Lipinski definition) is 3. The molecule has 4 N–H and O–H groups in total. The van der Waals surface area contributed by atoms with E-state index in [4.69, 9.17) is 27.1 Å². The first-order valence-electron chi connectivity index (χ1n) is 12.1. The number of anilines is 3. The summed E-state index contributed by atoms with van der Waals surface area (Å²) in [7, 11) is 0. The summed E-state index contributed by atoms with van der Waals surface area (Å²) < 4.78 is 36.6. The molecule has 2 fully saturated rings. The summed E-state index contributed by atoms with van der Waals surface area (Å²) in [5.41, 5.74) is 6.18. The van der Waals surface area contributed by atoms with E-state index in [9.17, 15) is 13.6 Å². The van der Waals surface area contributed by atoms with Gasteiger partial charge >= 0.3 is 0 Å². The topological polar surface area (TPSA) is 120 Å². The molecule has 192 valence electrons. The van der Waals surface area contributed by atoms with Crippen molar-refractivity contribution in [3.63, 3.8) is 0 Å². The number of nitrogens with two attached hydrogens (primary N) is 1. The summed E-state index contributed by atoms with van der Waals surface area (Å²) in [5, 5.41) is 6.17. The molecule has 0 unspecified atom stereocenters. The van der Waals surface area contributed by atoms with Crippen molar-refractivity contribution >= 4 is 46.3 Å². The van der Waals surface area contributed by atoms with Gasteiger partial charge in [0.2, 0.25) is 17.8 Å². The molecular weight excluding hydrogens is 492 g/mol. The number of nitrogens with one attached hydrogen (secondary N) is 2. The summed E-state index contributed by atoms with van der Waals surface area (Å²) in [4.78, 5) is 25.4. The van der Waals surface area contributed by atoms with Gasteiger partial charge in [-0.2, -0.15) is 4.98 Å². The number of carbonyl (C=O) groups is 1. The summed E-state index contributed by atoms with van der Waals surface area (Å²) in [6, 6.07) is 2.13. The Morgan fingerprint density at radius 1 is 1.17 bits per heavy atom. The maximum absolute atomic E-state index is 14.6. The van der Waals surface area contributed by atoms with Crippen LogP contribution in [0, 0.1) is 23.5 Å². The molecule has 0 spiro atoms. The van der Waals surface area contributed by atoms with Gasteiger partial charge in [-0.05, 0) is 50.2 Å². The van der Waals surface area contributed by atoms with Crippen LogP contribution in [0.15, 0.2) is 18.3 Å². The number of hydrogen-bond acceptors (Lipinski definition) is 7. The highest BCUT2D eigenvalue weighted by Gasteiger charge is 2.30. The molecule has 12 heteroatoms. The van der Waals surface area contributed by atoms with Gasteiger partial charge in [0.25, 0.3) is 0 Å². The van der Waals surface area contributed by atoms with Crippen LogP contribution in [0.2, 0.25) is 5.02 Å². The normalized spacial score (nSPS) is 24.6. The molecule has 2 aromatic heterocycles. The molecule has 1 aromatic carbocycles. The standard InChI is InChI=1S/C24H28ClF2N7O2/c1-12-11-36-7-6-18(12)30-23-29-10-19-22(33-23)34(15-4-2-13(3-5-15)21(28)35)24(31-19)32-20-16(26)8-14(25)9-17(20)27/h8-10,12-13,15,18H,2-7,11H2,1H3,(H2,28,35)(H,31,32)(H,29,30,33)/t12-,13-,15+,18+/m0/s1. The lowest BCUT2D eigenvalue weighted by Gasteiger charge is -2.30. The summed E-state index contributed by atoms with van der Waals surface area (Å²) >= 11 is 5.79. The number of imidazole rings is 1. The number of halogens is 3. The Morgan fingerprint density at radius 2 is 1.89 bits per heavy atom. The molecule has 9 nitrogen and oxygen atoms in total. The zero-order valence-corrected chi connectivity index (χ0v) is 20.6. The van der Waals surface area contributed by atoms with Gasteiger partial charge in [0.05, 0.1) is 12.8 Å². The molecule has 36 heavy (non-hydrogen) atoms. The lowest BCUT2D eigenvalue weighted by Crippen LogP contribution is -2.36. The van der Waals surface area contributed by atoms with Crippen LogP contribution in [0.5, 0.6) is 0 Å². The number of fused-ring (bicyclic) bond motifs is 1. The molecule has 1 aliphatic carbocycles. The van der Waals surface area contributed by atoms with Crippen molar-refractivity contribution in [3.8, 4) is 0 Å². The summed E-state index contributed by atoms with van der Waals surface area (Å²) in [6.45, 7) is 3.43. The van der Waals surface area contributed by atoms with E-state index in [-0.39, 0.29) is 40.6 Å². The third-order valence-corrected chi connectivity index (χ3v) is 7.31. The first kappa shape index (κ1) is 24.6. The van der Waals surface area contributed by atoms with Gasteiger partial charge in [0, 0.05) is 29.6 Å². The van der Waals surface area contributed by atoms with Gasteiger partial charge in [-0.3, -0.25) is 9.36 Å². The first-order valence-corrected chi connectivity index (χ1v) is 12.5. The number of aromatic nitrogens is 4. The third kappa shape index (κ3) is 4.94. The maximum atomic E-state index is 14.6. The Labute approximate surface area is 211 Å². The highest BCUT2D eigenvalue weighted by molar-refractivity contribution is 6.30. The fourth-order valence-corrected chi connectivity index (χ4v) is 5.24. The quantitative estimate of drug-likeness (QED) is 0.437. The first-order chi connectivity index (χ1) is 17.3. The van der Waals surface area contributed by atoms with E-state index in [1.165, 1.54) is 0 Å². The molecule has 0 bridgehead atoms. The number of rotatable bonds is 6. The predicted octanol–water partition coefficient (Wildman–Crippen LogP) is 4.56. The van der Waals surface area contributed by atoms with E-state index in [1.807, 2.05) is 4.57 Å². The minimum Gasteiger partial charge on any atom is -0.381 e. The Bertz CT molecular complexity index is 1260. The zero-order chi connectivity index (χ0) is 25.4. The molecule has 1 saturated heterocycles. The van der Waals surface area contributed by atoms with E-state index in [0.29, 0.717) is 61.9 Å². The molecule has 1 aliphatic heterocycles. The fraction of sp³-hybridized carbons (Fsp3) is 0.500. The van der Waals surface area contributed by atoms with Crippen molar-refractivity contribution in [2.75, 3.05) is 23.8 Å². The van der Waals surface area contributed by atoms with Crippen molar-refractivity contribution in [1.29, 1.82) is 0 Å². The average Bonchev–Trinajstić information content (AvgIpc) is 3.20. The maximum Gasteiger partial charge on any atom is 0.224 e. The lowest BCUT2D eigenvalue weighted by molar-refractivity contribution is -0.122. The van der Waals surface area contributed by atoms with E-state index in [0.717, 1.165) is 18.6 Å². The Hall–Kier alpha value is -3.05. The van der Waals surface area contributed by atoms with Crippen LogP contribution < -0.4 is 16.4 Å². The van der Waals surface area contributed by atoms with E-state index in [2.05, 4.69) is 27.5 Å². The number of amides is 1. The highest BCUT2D eigenvalue weighted by Crippen LogP contribution is 2.38. The molecule has 3 heterocycles. The largest absolute Gasteiger partial charge is 0.381 e. The number of nitrogens with zero attached hydrogens (tertiary/aromatic N) is 4. The monoisotopic (exact) mass is 519 g/mol. The van der Waals surface area contributed by atoms with Gasteiger partial charge in [-0.1, -0.05) is 18.5 Å². The van der Waals surface area contributed by atoms with Crippen LogP contribution >= 0.6 is 11.6 Å². The Balaban J connectivity index is 1.53. The summed E-state index contributed by atoms with van der Waals surface area (Å²) in [6.07, 6.45) is 4.93. The van der Waals surface area contributed by atoms with E-state index in [1.54, 1.807) is 6.20 Å². The van der Waals surface area contributed by atoms with Crippen molar-refractivity contribution in [2.45, 2.75) is 51.1 Å². The second kappa shape index (κ2) is 10.1. The molecule has 1 saturated carbocycles. The lowest BCUT2D eigenvalue weighted by atomic mass is 9.85. The number of primary amides is 1. The average molecular weight is 520 g/mol. The Kier molecular flexibility index (Phi) is 6.94. The van der Waals surface area contributed by atoms with Gasteiger partial charge in [0.15, 0.2) is 17.3 Å². The van der Waals surface area contributed by atoms with Crippen molar-refractivity contribution < 1.29 is 18.3 Å². The van der Waals surface area contributed by atoms with Crippen molar-refractivity contribution in [1.82, 2.24) is 19.5 Å². The van der Waals surface area contributed by atoms with Crippen LogP contribution in [-0.2, 0) is 9.53 Å². The minimum absolute atomic E-state index is 0.0437.